The third-order valence-corrected chi connectivity index (χ3v) is 4.06. The summed E-state index contributed by atoms with van der Waals surface area (Å²) in [4.78, 5) is 6.98. The maximum absolute atomic E-state index is 6.48. The number of anilines is 1. The smallest absolute Gasteiger partial charge is 0.147 e. The molecule has 1 atom stereocenters. The lowest BCUT2D eigenvalue weighted by molar-refractivity contribution is 0.589. The summed E-state index contributed by atoms with van der Waals surface area (Å²) >= 11 is 6.48. The van der Waals surface area contributed by atoms with E-state index in [0.717, 1.165) is 48.9 Å². The quantitative estimate of drug-likeness (QED) is 0.638. The minimum atomic E-state index is 0.464. The predicted octanol–water partition coefficient (Wildman–Crippen LogP) is 4.64. The zero-order valence-corrected chi connectivity index (χ0v) is 14.7. The van der Waals surface area contributed by atoms with Gasteiger partial charge in [0.15, 0.2) is 0 Å². The molecule has 1 aromatic heterocycles. The summed E-state index contributed by atoms with van der Waals surface area (Å²) in [5.74, 6) is 0.929. The number of rotatable bonds is 10. The Bertz CT molecular complexity index is 409. The molecule has 1 rings (SSSR count). The molecule has 1 N–H and O–H groups in total. The Morgan fingerprint density at radius 1 is 1.29 bits per heavy atom. The number of nitrogens with one attached hydrogen (secondary N) is 1. The van der Waals surface area contributed by atoms with E-state index >= 15 is 0 Å². The molecule has 0 bridgehead atoms. The van der Waals surface area contributed by atoms with Gasteiger partial charge >= 0.3 is 0 Å². The van der Waals surface area contributed by atoms with Crippen molar-refractivity contribution in [3.8, 4) is 0 Å². The van der Waals surface area contributed by atoms with Crippen molar-refractivity contribution >= 4 is 17.4 Å². The summed E-state index contributed by atoms with van der Waals surface area (Å²) in [7, 11) is 0. The van der Waals surface area contributed by atoms with Crippen molar-refractivity contribution in [1.29, 1.82) is 0 Å². The number of nitrogens with zero attached hydrogens (tertiary/aromatic N) is 2. The second-order valence-electron chi connectivity index (χ2n) is 5.63. The fourth-order valence-corrected chi connectivity index (χ4v) is 2.57. The first-order valence-corrected chi connectivity index (χ1v) is 8.63. The fourth-order valence-electron chi connectivity index (χ4n) is 2.27. The van der Waals surface area contributed by atoms with Crippen LogP contribution in [-0.2, 0) is 6.54 Å². The van der Waals surface area contributed by atoms with Crippen molar-refractivity contribution in [2.45, 2.75) is 66.0 Å². The molecule has 1 heterocycles. The topological polar surface area (TPSA) is 28.2 Å². The van der Waals surface area contributed by atoms with Crippen molar-refractivity contribution in [3.63, 3.8) is 0 Å². The Morgan fingerprint density at radius 3 is 2.62 bits per heavy atom. The molecular weight excluding hydrogens is 282 g/mol. The van der Waals surface area contributed by atoms with Gasteiger partial charge in [-0.1, -0.05) is 38.8 Å². The van der Waals surface area contributed by atoms with Gasteiger partial charge in [-0.3, -0.25) is 0 Å². The highest BCUT2D eigenvalue weighted by atomic mass is 35.5. The van der Waals surface area contributed by atoms with Crippen LogP contribution in [0.25, 0.3) is 0 Å². The molecule has 0 aliphatic carbocycles. The second kappa shape index (κ2) is 10.0. The maximum atomic E-state index is 6.48. The molecule has 4 heteroatoms. The minimum Gasteiger partial charge on any atom is -0.353 e. The average Bonchev–Trinajstić information content (AvgIpc) is 2.49. The van der Waals surface area contributed by atoms with Gasteiger partial charge in [0.1, 0.15) is 5.82 Å². The molecule has 0 aliphatic rings. The van der Waals surface area contributed by atoms with Gasteiger partial charge in [-0.2, -0.15) is 0 Å². The van der Waals surface area contributed by atoms with Gasteiger partial charge in [0.05, 0.1) is 5.02 Å². The Labute approximate surface area is 135 Å². The molecule has 0 aromatic carbocycles. The Balaban J connectivity index is 2.83. The van der Waals surface area contributed by atoms with Crippen LogP contribution in [0.2, 0.25) is 5.02 Å². The van der Waals surface area contributed by atoms with Gasteiger partial charge in [-0.05, 0) is 44.4 Å². The van der Waals surface area contributed by atoms with Crippen molar-refractivity contribution in [2.75, 3.05) is 18.0 Å². The third-order valence-electron chi connectivity index (χ3n) is 3.78. The lowest BCUT2D eigenvalue weighted by Crippen LogP contribution is -2.34. The molecule has 0 saturated heterocycles. The molecule has 3 nitrogen and oxygen atoms in total. The molecule has 0 spiro atoms. The number of pyridine rings is 1. The molecule has 0 saturated carbocycles. The average molecular weight is 312 g/mol. The zero-order chi connectivity index (χ0) is 15.7. The number of aromatic nitrogens is 1. The van der Waals surface area contributed by atoms with E-state index < -0.39 is 0 Å². The van der Waals surface area contributed by atoms with Gasteiger partial charge in [-0.25, -0.2) is 4.98 Å². The van der Waals surface area contributed by atoms with Crippen LogP contribution < -0.4 is 10.2 Å². The lowest BCUT2D eigenvalue weighted by Gasteiger charge is -2.30. The number of unbranched alkanes of at least 4 members (excludes halogenated alkanes) is 1. The van der Waals surface area contributed by atoms with Crippen LogP contribution >= 0.6 is 11.6 Å². The molecule has 120 valence electrons. The van der Waals surface area contributed by atoms with Crippen LogP contribution in [-0.4, -0.2) is 24.1 Å². The van der Waals surface area contributed by atoms with Crippen molar-refractivity contribution in [2.24, 2.45) is 0 Å². The number of hydrogen-bond acceptors (Lipinski definition) is 3. The van der Waals surface area contributed by atoms with Gasteiger partial charge in [0.25, 0.3) is 0 Å². The molecule has 1 unspecified atom stereocenters. The summed E-state index contributed by atoms with van der Waals surface area (Å²) < 4.78 is 0. The summed E-state index contributed by atoms with van der Waals surface area (Å²) in [6.45, 7) is 11.7. The van der Waals surface area contributed by atoms with Gasteiger partial charge in [-0.15, -0.1) is 0 Å². The molecule has 0 amide bonds. The molecule has 0 radical (unpaired) electrons. The largest absolute Gasteiger partial charge is 0.353 e. The Kier molecular flexibility index (Phi) is 8.70. The normalized spacial score (nSPS) is 12.4. The van der Waals surface area contributed by atoms with Crippen LogP contribution in [0.15, 0.2) is 12.3 Å². The van der Waals surface area contributed by atoms with E-state index in [4.69, 9.17) is 11.6 Å². The molecule has 1 aromatic rings. The van der Waals surface area contributed by atoms with E-state index in [1.165, 1.54) is 12.8 Å². The first kappa shape index (κ1) is 18.2. The van der Waals surface area contributed by atoms with Gasteiger partial charge in [0, 0.05) is 25.3 Å². The van der Waals surface area contributed by atoms with E-state index in [2.05, 4.69) is 42.9 Å². The van der Waals surface area contributed by atoms with Gasteiger partial charge < -0.3 is 10.2 Å². The fraction of sp³-hybridized carbons (Fsp3) is 0.706. The maximum Gasteiger partial charge on any atom is 0.147 e. The van der Waals surface area contributed by atoms with Crippen molar-refractivity contribution in [1.82, 2.24) is 10.3 Å². The summed E-state index contributed by atoms with van der Waals surface area (Å²) in [6.07, 6.45) is 6.54. The molecule has 0 fully saturated rings. The van der Waals surface area contributed by atoms with E-state index in [9.17, 15) is 0 Å². The highest BCUT2D eigenvalue weighted by Gasteiger charge is 2.17. The third kappa shape index (κ3) is 5.84. The molecule has 21 heavy (non-hydrogen) atoms. The SMILES string of the molecule is CCCCN(c1ncc(CNCCC)cc1Cl)C(C)CC. The number of halogens is 1. The van der Waals surface area contributed by atoms with Crippen molar-refractivity contribution < 1.29 is 0 Å². The Hall–Kier alpha value is -0.800. The standard InChI is InChI=1S/C17H30ClN3/c1-5-8-10-21(14(4)7-3)17-16(18)11-15(13-20-17)12-19-9-6-2/h11,13-14,19H,5-10,12H2,1-4H3. The van der Waals surface area contributed by atoms with E-state index in [0.29, 0.717) is 6.04 Å². The van der Waals surface area contributed by atoms with Crippen LogP contribution in [0, 0.1) is 0 Å². The van der Waals surface area contributed by atoms with Crippen LogP contribution in [0.3, 0.4) is 0 Å². The predicted molar refractivity (Wildman–Crippen MR) is 93.3 cm³/mol. The number of hydrogen-bond donors (Lipinski definition) is 1. The molecule has 0 aliphatic heterocycles. The van der Waals surface area contributed by atoms with E-state index in [1.54, 1.807) is 0 Å². The first-order chi connectivity index (χ1) is 10.1. The first-order valence-electron chi connectivity index (χ1n) is 8.25. The minimum absolute atomic E-state index is 0.464. The van der Waals surface area contributed by atoms with Crippen molar-refractivity contribution in [3.05, 3.63) is 22.8 Å². The van der Waals surface area contributed by atoms with Crippen LogP contribution in [0.4, 0.5) is 5.82 Å². The Morgan fingerprint density at radius 2 is 2.05 bits per heavy atom. The highest BCUT2D eigenvalue weighted by Crippen LogP contribution is 2.27. The summed E-state index contributed by atoms with van der Waals surface area (Å²) in [5.41, 5.74) is 1.15. The second-order valence-corrected chi connectivity index (χ2v) is 6.04. The highest BCUT2D eigenvalue weighted by molar-refractivity contribution is 6.33. The monoisotopic (exact) mass is 311 g/mol. The van der Waals surface area contributed by atoms with Crippen LogP contribution in [0.1, 0.15) is 58.9 Å². The summed E-state index contributed by atoms with van der Waals surface area (Å²) in [5, 5.41) is 4.15. The zero-order valence-electron chi connectivity index (χ0n) is 14.0. The van der Waals surface area contributed by atoms with E-state index in [-0.39, 0.29) is 0 Å². The van der Waals surface area contributed by atoms with Crippen LogP contribution in [0.5, 0.6) is 0 Å². The summed E-state index contributed by atoms with van der Waals surface area (Å²) in [6, 6.07) is 2.51. The molecular formula is C17H30ClN3. The van der Waals surface area contributed by atoms with E-state index in [1.807, 2.05) is 12.3 Å². The lowest BCUT2D eigenvalue weighted by atomic mass is 10.2. The van der Waals surface area contributed by atoms with Gasteiger partial charge in [0.2, 0.25) is 0 Å².